The number of rotatable bonds is 11. The summed E-state index contributed by atoms with van der Waals surface area (Å²) in [7, 11) is 1.53. The van der Waals surface area contributed by atoms with E-state index >= 15 is 0 Å². The Kier molecular flexibility index (Phi) is 10.2. The van der Waals surface area contributed by atoms with Crippen LogP contribution in [0.25, 0.3) is 0 Å². The van der Waals surface area contributed by atoms with Gasteiger partial charge in [0.2, 0.25) is 0 Å². The lowest BCUT2D eigenvalue weighted by Gasteiger charge is -2.09. The van der Waals surface area contributed by atoms with Crippen molar-refractivity contribution in [3.63, 3.8) is 0 Å². The zero-order chi connectivity index (χ0) is 24.1. The van der Waals surface area contributed by atoms with Crippen LogP contribution in [-0.2, 0) is 14.3 Å². The van der Waals surface area contributed by atoms with Gasteiger partial charge in [0.15, 0.2) is 13.2 Å². The van der Waals surface area contributed by atoms with Crippen LogP contribution in [0.5, 0.6) is 11.5 Å². The number of anilines is 1. The first-order valence-corrected chi connectivity index (χ1v) is 10.3. The van der Waals surface area contributed by atoms with Gasteiger partial charge in [-0.2, -0.15) is 0 Å². The Morgan fingerprint density at radius 1 is 0.909 bits per heavy atom. The summed E-state index contributed by atoms with van der Waals surface area (Å²) in [5.41, 5.74) is 0.756. The number of imide groups is 1. The Hall–Kier alpha value is -4.08. The fourth-order valence-corrected chi connectivity index (χ4v) is 2.53. The summed E-state index contributed by atoms with van der Waals surface area (Å²) in [6.07, 6.45) is 1.70. The molecule has 0 radical (unpaired) electrons. The molecule has 10 heteroatoms. The fourth-order valence-electron chi connectivity index (χ4n) is 2.53. The minimum absolute atomic E-state index is 0.184. The van der Waals surface area contributed by atoms with E-state index in [-0.39, 0.29) is 18.1 Å². The number of hydrogen-bond donors (Lipinski definition) is 3. The minimum Gasteiger partial charge on any atom is -0.497 e. The van der Waals surface area contributed by atoms with Gasteiger partial charge in [-0.1, -0.05) is 19.4 Å². The minimum atomic E-state index is -0.737. The highest BCUT2D eigenvalue weighted by molar-refractivity contribution is 5.97. The van der Waals surface area contributed by atoms with Crippen molar-refractivity contribution in [1.82, 2.24) is 10.6 Å². The summed E-state index contributed by atoms with van der Waals surface area (Å²) in [5, 5.41) is 7.28. The number of carbonyl (C=O) groups is 4. The molecule has 0 saturated heterocycles. The molecule has 0 saturated carbocycles. The molecule has 0 heterocycles. The molecule has 0 aliphatic carbocycles. The van der Waals surface area contributed by atoms with Crippen molar-refractivity contribution in [2.75, 3.05) is 32.2 Å². The molecular weight excluding hydrogens is 430 g/mol. The number of amides is 4. The van der Waals surface area contributed by atoms with Crippen LogP contribution < -0.4 is 25.4 Å². The number of urea groups is 1. The number of esters is 1. The number of benzene rings is 2. The predicted molar refractivity (Wildman–Crippen MR) is 120 cm³/mol. The van der Waals surface area contributed by atoms with Gasteiger partial charge in [-0.25, -0.2) is 9.59 Å². The van der Waals surface area contributed by atoms with Crippen molar-refractivity contribution in [3.8, 4) is 11.5 Å². The zero-order valence-corrected chi connectivity index (χ0v) is 18.5. The average molecular weight is 457 g/mol. The Morgan fingerprint density at radius 2 is 1.67 bits per heavy atom. The second-order valence-electron chi connectivity index (χ2n) is 6.83. The molecule has 10 nitrogen and oxygen atoms in total. The van der Waals surface area contributed by atoms with Gasteiger partial charge in [-0.05, 0) is 42.8 Å². The smallest absolute Gasteiger partial charge is 0.338 e. The first-order chi connectivity index (χ1) is 15.9. The molecule has 0 unspecified atom stereocenters. The SMILES string of the molecule is CCCCNC(=O)NC(=O)COC(=O)c1ccc(OCC(=O)Nc2cccc(OC)c2)cc1. The van der Waals surface area contributed by atoms with E-state index in [1.54, 1.807) is 24.3 Å². The van der Waals surface area contributed by atoms with Crippen LogP contribution in [0.15, 0.2) is 48.5 Å². The molecular formula is C23H27N3O7. The van der Waals surface area contributed by atoms with Gasteiger partial charge in [-0.3, -0.25) is 14.9 Å². The van der Waals surface area contributed by atoms with E-state index in [4.69, 9.17) is 14.2 Å². The Bertz CT molecular complexity index is 961. The summed E-state index contributed by atoms with van der Waals surface area (Å²) in [6.45, 7) is 1.60. The van der Waals surface area contributed by atoms with Crippen LogP contribution in [0, 0.1) is 0 Å². The zero-order valence-electron chi connectivity index (χ0n) is 18.5. The van der Waals surface area contributed by atoms with Crippen LogP contribution in [0.4, 0.5) is 10.5 Å². The molecule has 33 heavy (non-hydrogen) atoms. The molecule has 0 aromatic heterocycles. The fraction of sp³-hybridized carbons (Fsp3) is 0.304. The maximum absolute atomic E-state index is 12.1. The van der Waals surface area contributed by atoms with Crippen LogP contribution in [0.1, 0.15) is 30.1 Å². The van der Waals surface area contributed by atoms with Crippen molar-refractivity contribution in [1.29, 1.82) is 0 Å². The van der Waals surface area contributed by atoms with Crippen LogP contribution in [0.3, 0.4) is 0 Å². The lowest BCUT2D eigenvalue weighted by atomic mass is 10.2. The molecule has 2 aromatic carbocycles. The van der Waals surface area contributed by atoms with E-state index in [1.807, 2.05) is 6.92 Å². The molecule has 0 aliphatic heterocycles. The van der Waals surface area contributed by atoms with Gasteiger partial charge in [0.05, 0.1) is 12.7 Å². The first kappa shape index (κ1) is 25.2. The van der Waals surface area contributed by atoms with Gasteiger partial charge >= 0.3 is 12.0 Å². The van der Waals surface area contributed by atoms with Gasteiger partial charge < -0.3 is 24.8 Å². The standard InChI is InChI=1S/C23H27N3O7/c1-3-4-12-24-23(30)26-21(28)15-33-22(29)16-8-10-18(11-9-16)32-14-20(27)25-17-6-5-7-19(13-17)31-2/h5-11,13H,3-4,12,14-15H2,1-2H3,(H,25,27)(H2,24,26,28,30). The molecule has 2 aromatic rings. The maximum atomic E-state index is 12.1. The number of hydrogen-bond acceptors (Lipinski definition) is 7. The van der Waals surface area contributed by atoms with Crippen molar-refractivity contribution < 1.29 is 33.4 Å². The topological polar surface area (TPSA) is 132 Å². The third kappa shape index (κ3) is 9.30. The van der Waals surface area contributed by atoms with Crippen LogP contribution in [-0.4, -0.2) is 50.7 Å². The second kappa shape index (κ2) is 13.4. The summed E-state index contributed by atoms with van der Waals surface area (Å²) in [4.78, 5) is 47.3. The van der Waals surface area contributed by atoms with Crippen LogP contribution >= 0.6 is 0 Å². The summed E-state index contributed by atoms with van der Waals surface area (Å²) >= 11 is 0. The Balaban J connectivity index is 1.73. The normalized spacial score (nSPS) is 10.0. The highest BCUT2D eigenvalue weighted by Gasteiger charge is 2.13. The molecule has 0 bridgehead atoms. The van der Waals surface area contributed by atoms with Crippen LogP contribution in [0.2, 0.25) is 0 Å². The van der Waals surface area contributed by atoms with E-state index in [0.717, 1.165) is 12.8 Å². The average Bonchev–Trinajstić information content (AvgIpc) is 2.82. The first-order valence-electron chi connectivity index (χ1n) is 10.3. The lowest BCUT2D eigenvalue weighted by Crippen LogP contribution is -2.41. The van der Waals surface area contributed by atoms with E-state index < -0.39 is 24.5 Å². The third-order valence-corrected chi connectivity index (χ3v) is 4.22. The van der Waals surface area contributed by atoms with E-state index in [2.05, 4.69) is 16.0 Å². The lowest BCUT2D eigenvalue weighted by molar-refractivity contribution is -0.123. The number of carbonyl (C=O) groups excluding carboxylic acids is 4. The van der Waals surface area contributed by atoms with E-state index in [9.17, 15) is 19.2 Å². The highest BCUT2D eigenvalue weighted by Crippen LogP contribution is 2.17. The van der Waals surface area contributed by atoms with Gasteiger partial charge in [0, 0.05) is 18.3 Å². The van der Waals surface area contributed by atoms with Gasteiger partial charge in [0.1, 0.15) is 11.5 Å². The van der Waals surface area contributed by atoms with Crippen molar-refractivity contribution >= 4 is 29.5 Å². The molecule has 4 amide bonds. The maximum Gasteiger partial charge on any atom is 0.338 e. The molecule has 0 atom stereocenters. The number of methoxy groups -OCH3 is 1. The quantitative estimate of drug-likeness (QED) is 0.349. The van der Waals surface area contributed by atoms with E-state index in [0.29, 0.717) is 23.7 Å². The molecule has 0 spiro atoms. The van der Waals surface area contributed by atoms with Crippen molar-refractivity contribution in [2.24, 2.45) is 0 Å². The summed E-state index contributed by atoms with van der Waals surface area (Å²) in [5.74, 6) is -0.854. The third-order valence-electron chi connectivity index (χ3n) is 4.22. The second-order valence-corrected chi connectivity index (χ2v) is 6.83. The Labute approximate surface area is 191 Å². The molecule has 3 N–H and O–H groups in total. The largest absolute Gasteiger partial charge is 0.497 e. The van der Waals surface area contributed by atoms with Gasteiger partial charge in [-0.15, -0.1) is 0 Å². The summed E-state index contributed by atoms with van der Waals surface area (Å²) < 4.78 is 15.4. The highest BCUT2D eigenvalue weighted by atomic mass is 16.5. The molecule has 0 fully saturated rings. The number of unbranched alkanes of at least 4 members (excludes halogenated alkanes) is 1. The molecule has 176 valence electrons. The number of nitrogens with one attached hydrogen (secondary N) is 3. The van der Waals surface area contributed by atoms with Crippen molar-refractivity contribution in [3.05, 3.63) is 54.1 Å². The van der Waals surface area contributed by atoms with E-state index in [1.165, 1.54) is 31.4 Å². The Morgan fingerprint density at radius 3 is 2.36 bits per heavy atom. The summed E-state index contributed by atoms with van der Waals surface area (Å²) in [6, 6.07) is 12.1. The predicted octanol–water partition coefficient (Wildman–Crippen LogP) is 2.50. The number of ether oxygens (including phenoxy) is 3. The molecule has 2 rings (SSSR count). The monoisotopic (exact) mass is 457 g/mol. The molecule has 0 aliphatic rings. The van der Waals surface area contributed by atoms with Crippen molar-refractivity contribution in [2.45, 2.75) is 19.8 Å². The van der Waals surface area contributed by atoms with Gasteiger partial charge in [0.25, 0.3) is 11.8 Å².